The van der Waals surface area contributed by atoms with Crippen molar-refractivity contribution in [2.45, 2.75) is 0 Å². The lowest BCUT2D eigenvalue weighted by Crippen LogP contribution is -1.88. The van der Waals surface area contributed by atoms with Crippen LogP contribution in [0.25, 0.3) is 16.8 Å². The summed E-state index contributed by atoms with van der Waals surface area (Å²) in [6, 6.07) is 13.7. The Labute approximate surface area is 95.1 Å². The van der Waals surface area contributed by atoms with Gasteiger partial charge in [-0.3, -0.25) is 0 Å². The van der Waals surface area contributed by atoms with E-state index in [2.05, 4.69) is 0 Å². The molecule has 0 unspecified atom stereocenters. The number of fused-ring (bicyclic) bond motifs is 1. The van der Waals surface area contributed by atoms with E-state index in [9.17, 15) is 8.42 Å². The van der Waals surface area contributed by atoms with Gasteiger partial charge in [-0.05, 0) is 22.4 Å². The fourth-order valence-corrected chi connectivity index (χ4v) is 1.99. The van der Waals surface area contributed by atoms with Gasteiger partial charge in [0.25, 0.3) is 0 Å². The van der Waals surface area contributed by atoms with Crippen LogP contribution >= 0.6 is 0 Å². The van der Waals surface area contributed by atoms with Crippen molar-refractivity contribution in [3.8, 4) is 0 Å². The van der Waals surface area contributed by atoms with Crippen LogP contribution in [0.4, 0.5) is 0 Å². The predicted octanol–water partition coefficient (Wildman–Crippen LogP) is 2.86. The van der Waals surface area contributed by atoms with E-state index in [1.165, 1.54) is 11.7 Å². The highest BCUT2D eigenvalue weighted by atomic mass is 32.2. The molecule has 0 aliphatic heterocycles. The lowest BCUT2D eigenvalue weighted by Gasteiger charge is -2.01. The highest BCUT2D eigenvalue weighted by molar-refractivity contribution is 7.93. The summed E-state index contributed by atoms with van der Waals surface area (Å²) in [6.45, 7) is 0. The summed E-state index contributed by atoms with van der Waals surface area (Å²) in [4.78, 5) is 0. The normalized spacial score (nSPS) is 12.3. The molecule has 0 N–H and O–H groups in total. The molecule has 0 aliphatic carbocycles. The smallest absolute Gasteiger partial charge is 0.168 e. The molecule has 0 saturated carbocycles. The number of hydrogen-bond acceptors (Lipinski definition) is 2. The SMILES string of the molecule is CS(=O)(=O)C=Cc1cccc2ccccc12. The van der Waals surface area contributed by atoms with Gasteiger partial charge in [0.1, 0.15) is 0 Å². The van der Waals surface area contributed by atoms with Gasteiger partial charge in [0.2, 0.25) is 0 Å². The van der Waals surface area contributed by atoms with Crippen LogP contribution in [0.3, 0.4) is 0 Å². The maximum atomic E-state index is 11.1. The van der Waals surface area contributed by atoms with Crippen LogP contribution in [0.5, 0.6) is 0 Å². The van der Waals surface area contributed by atoms with Crippen LogP contribution in [0.15, 0.2) is 47.9 Å². The van der Waals surface area contributed by atoms with Crippen molar-refractivity contribution in [3.63, 3.8) is 0 Å². The van der Waals surface area contributed by atoms with Crippen molar-refractivity contribution in [2.24, 2.45) is 0 Å². The number of rotatable bonds is 2. The number of hydrogen-bond donors (Lipinski definition) is 0. The second kappa shape index (κ2) is 4.10. The molecule has 0 atom stereocenters. The van der Waals surface area contributed by atoms with Gasteiger partial charge in [-0.15, -0.1) is 0 Å². The Balaban J connectivity index is 2.57. The Morgan fingerprint density at radius 3 is 2.44 bits per heavy atom. The topological polar surface area (TPSA) is 34.1 Å². The van der Waals surface area contributed by atoms with Crippen LogP contribution in [-0.4, -0.2) is 14.7 Å². The quantitative estimate of drug-likeness (QED) is 0.798. The van der Waals surface area contributed by atoms with E-state index in [0.717, 1.165) is 16.3 Å². The summed E-state index contributed by atoms with van der Waals surface area (Å²) in [5.41, 5.74) is 0.920. The molecule has 0 fully saturated rings. The third-order valence-corrected chi connectivity index (χ3v) is 2.95. The first-order valence-corrected chi connectivity index (χ1v) is 6.88. The molecule has 3 heteroatoms. The molecule has 0 bridgehead atoms. The van der Waals surface area contributed by atoms with E-state index in [1.54, 1.807) is 6.08 Å². The van der Waals surface area contributed by atoms with Gasteiger partial charge < -0.3 is 0 Å². The molecule has 2 aromatic rings. The molecule has 0 spiro atoms. The minimum absolute atomic E-state index is 0.920. The molecule has 2 nitrogen and oxygen atoms in total. The Bertz CT molecular complexity index is 635. The molecule has 82 valence electrons. The van der Waals surface area contributed by atoms with Gasteiger partial charge in [-0.2, -0.15) is 0 Å². The van der Waals surface area contributed by atoms with E-state index in [-0.39, 0.29) is 0 Å². The third-order valence-electron chi connectivity index (χ3n) is 2.32. The summed E-state index contributed by atoms with van der Waals surface area (Å²) in [6.07, 6.45) is 2.83. The van der Waals surface area contributed by atoms with Gasteiger partial charge in [-0.1, -0.05) is 42.5 Å². The highest BCUT2D eigenvalue weighted by Crippen LogP contribution is 2.19. The first-order valence-electron chi connectivity index (χ1n) is 4.92. The van der Waals surface area contributed by atoms with Gasteiger partial charge in [0.15, 0.2) is 9.84 Å². The molecular formula is C13H12O2S. The van der Waals surface area contributed by atoms with E-state index in [1.807, 2.05) is 42.5 Å². The maximum Gasteiger partial charge on any atom is 0.168 e. The van der Waals surface area contributed by atoms with Crippen LogP contribution < -0.4 is 0 Å². The van der Waals surface area contributed by atoms with Crippen molar-refractivity contribution in [1.29, 1.82) is 0 Å². The van der Waals surface area contributed by atoms with Crippen molar-refractivity contribution >= 4 is 26.7 Å². The Hall–Kier alpha value is -1.61. The van der Waals surface area contributed by atoms with Crippen LogP contribution in [0, 0.1) is 0 Å². The van der Waals surface area contributed by atoms with E-state index >= 15 is 0 Å². The van der Waals surface area contributed by atoms with Gasteiger partial charge in [0, 0.05) is 11.7 Å². The zero-order valence-corrected chi connectivity index (χ0v) is 9.74. The number of sulfone groups is 1. The van der Waals surface area contributed by atoms with Gasteiger partial charge in [0.05, 0.1) is 0 Å². The molecule has 0 amide bonds. The lowest BCUT2D eigenvalue weighted by atomic mass is 10.1. The van der Waals surface area contributed by atoms with Crippen LogP contribution in [-0.2, 0) is 9.84 Å². The Morgan fingerprint density at radius 1 is 1.00 bits per heavy atom. The van der Waals surface area contributed by atoms with Crippen molar-refractivity contribution in [2.75, 3.05) is 6.26 Å². The summed E-state index contributed by atoms with van der Waals surface area (Å²) < 4.78 is 22.1. The van der Waals surface area contributed by atoms with Gasteiger partial charge in [-0.25, -0.2) is 8.42 Å². The Kier molecular flexibility index (Phi) is 2.79. The van der Waals surface area contributed by atoms with E-state index in [4.69, 9.17) is 0 Å². The molecule has 0 saturated heterocycles. The van der Waals surface area contributed by atoms with Gasteiger partial charge >= 0.3 is 0 Å². The molecular weight excluding hydrogens is 220 g/mol. The molecule has 16 heavy (non-hydrogen) atoms. The number of benzene rings is 2. The fraction of sp³-hybridized carbons (Fsp3) is 0.0769. The standard InChI is InChI=1S/C13H12O2S/c1-16(14,15)10-9-12-7-4-6-11-5-2-3-8-13(11)12/h2-10H,1H3. The summed E-state index contributed by atoms with van der Waals surface area (Å²) in [5, 5.41) is 3.40. The molecule has 2 rings (SSSR count). The zero-order chi connectivity index (χ0) is 11.6. The Morgan fingerprint density at radius 2 is 1.69 bits per heavy atom. The molecule has 0 aromatic heterocycles. The monoisotopic (exact) mass is 232 g/mol. The van der Waals surface area contributed by atoms with Crippen molar-refractivity contribution in [1.82, 2.24) is 0 Å². The average Bonchev–Trinajstić information content (AvgIpc) is 2.25. The van der Waals surface area contributed by atoms with Crippen LogP contribution in [0.2, 0.25) is 0 Å². The zero-order valence-electron chi connectivity index (χ0n) is 8.92. The second-order valence-electron chi connectivity index (χ2n) is 3.70. The van der Waals surface area contributed by atoms with E-state index < -0.39 is 9.84 Å². The third kappa shape index (κ3) is 2.49. The first kappa shape index (κ1) is 10.9. The lowest BCUT2D eigenvalue weighted by molar-refractivity contribution is 0.610. The fourth-order valence-electron chi connectivity index (χ4n) is 1.59. The minimum Gasteiger partial charge on any atom is -0.225 e. The second-order valence-corrected chi connectivity index (χ2v) is 5.63. The van der Waals surface area contributed by atoms with E-state index in [0.29, 0.717) is 0 Å². The predicted molar refractivity (Wildman–Crippen MR) is 67.8 cm³/mol. The largest absolute Gasteiger partial charge is 0.225 e. The molecule has 2 aromatic carbocycles. The summed E-state index contributed by atoms with van der Waals surface area (Å²) >= 11 is 0. The summed E-state index contributed by atoms with van der Waals surface area (Å²) in [5.74, 6) is 0. The first-order chi connectivity index (χ1) is 7.56. The average molecular weight is 232 g/mol. The summed E-state index contributed by atoms with van der Waals surface area (Å²) in [7, 11) is -3.07. The molecule has 0 radical (unpaired) electrons. The molecule has 0 aliphatic rings. The van der Waals surface area contributed by atoms with Crippen LogP contribution in [0.1, 0.15) is 5.56 Å². The maximum absolute atomic E-state index is 11.1. The van der Waals surface area contributed by atoms with Crippen molar-refractivity contribution < 1.29 is 8.42 Å². The van der Waals surface area contributed by atoms with Crippen molar-refractivity contribution in [3.05, 3.63) is 53.4 Å². The molecule has 0 heterocycles. The highest BCUT2D eigenvalue weighted by Gasteiger charge is 1.98. The minimum atomic E-state index is -3.07.